The Labute approximate surface area is 235 Å². The van der Waals surface area contributed by atoms with Gasteiger partial charge in [0.1, 0.15) is 24.3 Å². The summed E-state index contributed by atoms with van der Waals surface area (Å²) in [7, 11) is 3.41. The molecule has 1 aromatic heterocycles. The first kappa shape index (κ1) is 30.0. The van der Waals surface area contributed by atoms with Gasteiger partial charge in [-0.1, -0.05) is 78.6 Å². The van der Waals surface area contributed by atoms with E-state index in [1.54, 1.807) is 33.9 Å². The summed E-state index contributed by atoms with van der Waals surface area (Å²) in [5.41, 5.74) is 1.24. The van der Waals surface area contributed by atoms with Crippen LogP contribution in [-0.2, 0) is 27.5 Å². The highest BCUT2D eigenvalue weighted by Crippen LogP contribution is 2.29. The number of nitro benzene ring substituents is 1. The Morgan fingerprint density at radius 3 is 2.41 bits per heavy atom. The van der Waals surface area contributed by atoms with Crippen LogP contribution in [0.5, 0.6) is 0 Å². The van der Waals surface area contributed by atoms with Crippen molar-refractivity contribution >= 4 is 39.3 Å². The number of amides is 1. The van der Waals surface area contributed by atoms with E-state index in [9.17, 15) is 19.7 Å². The molecule has 0 spiro atoms. The Morgan fingerprint density at radius 1 is 0.897 bits per heavy atom. The van der Waals surface area contributed by atoms with E-state index in [0.717, 1.165) is 35.6 Å². The summed E-state index contributed by atoms with van der Waals surface area (Å²) in [6, 6.07) is 20.1. The topological polar surface area (TPSA) is 121 Å². The number of carbonyl (C=O) groups excluding carboxylic acids is 2. The fourth-order valence-corrected chi connectivity index (χ4v) is 5.56. The second kappa shape index (κ2) is 17.1. The normalized spacial score (nSPS) is 11.4. The molecule has 1 heterocycles. The molecule has 0 radical (unpaired) electrons. The first-order valence-electron chi connectivity index (χ1n) is 12.6. The van der Waals surface area contributed by atoms with Crippen molar-refractivity contribution in [2.75, 3.05) is 5.75 Å². The lowest BCUT2D eigenvalue weighted by Crippen LogP contribution is -2.42. The van der Waals surface area contributed by atoms with Crippen LogP contribution in [0.1, 0.15) is 43.2 Å². The third-order valence-electron chi connectivity index (χ3n) is 5.54. The number of nitrogens with zero attached hydrogens (tertiary/aromatic N) is 2. The zero-order valence-corrected chi connectivity index (χ0v) is 23.0. The summed E-state index contributed by atoms with van der Waals surface area (Å²) >= 11 is 0. The lowest BCUT2D eigenvalue weighted by molar-refractivity contribution is -0.384. The van der Waals surface area contributed by atoms with Gasteiger partial charge in [0.15, 0.2) is 0 Å². The highest BCUT2D eigenvalue weighted by atomic mass is 33.1. The Bertz CT molecular complexity index is 1180. The van der Waals surface area contributed by atoms with Gasteiger partial charge in [0.2, 0.25) is 0 Å². The van der Waals surface area contributed by atoms with Gasteiger partial charge in [-0.2, -0.15) is 0 Å². The molecule has 0 unspecified atom stereocenters. The highest BCUT2D eigenvalue weighted by Gasteiger charge is 2.23. The smallest absolute Gasteiger partial charge is 0.408 e. The number of benzene rings is 2. The van der Waals surface area contributed by atoms with E-state index in [2.05, 4.69) is 10.3 Å². The zero-order valence-electron chi connectivity index (χ0n) is 21.4. The molecule has 2 aromatic carbocycles. The Hall–Kier alpha value is -3.57. The predicted molar refractivity (Wildman–Crippen MR) is 152 cm³/mol. The van der Waals surface area contributed by atoms with Gasteiger partial charge in [-0.3, -0.25) is 10.1 Å². The Morgan fingerprint density at radius 2 is 1.64 bits per heavy atom. The molecule has 3 rings (SSSR count). The summed E-state index contributed by atoms with van der Waals surface area (Å²) < 4.78 is 10.7. The molecule has 0 saturated heterocycles. The largest absolute Gasteiger partial charge is 0.459 e. The number of pyridine rings is 1. The molecule has 0 fully saturated rings. The fraction of sp³-hybridized carbons (Fsp3) is 0.321. The van der Waals surface area contributed by atoms with E-state index in [0.29, 0.717) is 18.4 Å². The van der Waals surface area contributed by atoms with Gasteiger partial charge in [0.05, 0.1) is 4.92 Å². The molecule has 11 heteroatoms. The van der Waals surface area contributed by atoms with Crippen LogP contribution in [0.15, 0.2) is 84.0 Å². The van der Waals surface area contributed by atoms with Gasteiger partial charge in [-0.05, 0) is 46.9 Å². The molecule has 39 heavy (non-hydrogen) atoms. The summed E-state index contributed by atoms with van der Waals surface area (Å²) in [4.78, 5) is 40.1. The summed E-state index contributed by atoms with van der Waals surface area (Å²) in [6.07, 6.45) is 5.09. The van der Waals surface area contributed by atoms with Gasteiger partial charge in [-0.25, -0.2) is 14.6 Å². The maximum Gasteiger partial charge on any atom is 0.408 e. The minimum atomic E-state index is -0.888. The van der Waals surface area contributed by atoms with E-state index >= 15 is 0 Å². The fourth-order valence-electron chi connectivity index (χ4n) is 3.53. The molecule has 3 aromatic rings. The number of nitro groups is 1. The minimum Gasteiger partial charge on any atom is -0.459 e. The van der Waals surface area contributed by atoms with Crippen LogP contribution in [0.3, 0.4) is 0 Å². The van der Waals surface area contributed by atoms with Crippen molar-refractivity contribution in [1.82, 2.24) is 10.3 Å². The van der Waals surface area contributed by atoms with Crippen LogP contribution in [0.4, 0.5) is 10.5 Å². The number of hydrogen-bond donors (Lipinski definition) is 1. The van der Waals surface area contributed by atoms with Gasteiger partial charge in [-0.15, -0.1) is 0 Å². The molecule has 0 aliphatic heterocycles. The quantitative estimate of drug-likeness (QED) is 0.0659. The number of nitrogens with one attached hydrogen (secondary N) is 1. The number of alkyl carbamates (subject to hydrolysis) is 1. The first-order valence-corrected chi connectivity index (χ1v) is 14.9. The van der Waals surface area contributed by atoms with E-state index < -0.39 is 23.0 Å². The van der Waals surface area contributed by atoms with Crippen molar-refractivity contribution < 1.29 is 24.0 Å². The molecule has 0 saturated carbocycles. The molecule has 0 aliphatic carbocycles. The molecule has 1 N–H and O–H groups in total. The molecular weight excluding hydrogens is 538 g/mol. The predicted octanol–water partition coefficient (Wildman–Crippen LogP) is 6.72. The lowest BCUT2D eigenvalue weighted by atomic mass is 10.1. The van der Waals surface area contributed by atoms with Crippen molar-refractivity contribution in [3.8, 4) is 0 Å². The Balaban J connectivity index is 1.44. The number of unbranched alkanes of at least 4 members (excludes halogenated alkanes) is 3. The van der Waals surface area contributed by atoms with Crippen molar-refractivity contribution in [3.63, 3.8) is 0 Å². The third kappa shape index (κ3) is 11.8. The van der Waals surface area contributed by atoms with E-state index in [4.69, 9.17) is 9.47 Å². The van der Waals surface area contributed by atoms with E-state index in [-0.39, 0.29) is 18.9 Å². The highest BCUT2D eigenvalue weighted by molar-refractivity contribution is 8.76. The van der Waals surface area contributed by atoms with Crippen LogP contribution >= 0.6 is 21.6 Å². The maximum atomic E-state index is 12.8. The number of non-ortho nitro benzene ring substituents is 1. The first-order chi connectivity index (χ1) is 19.0. The van der Waals surface area contributed by atoms with Gasteiger partial charge in [0.25, 0.3) is 5.69 Å². The van der Waals surface area contributed by atoms with Crippen LogP contribution in [0, 0.1) is 10.1 Å². The number of esters is 1. The summed E-state index contributed by atoms with van der Waals surface area (Å²) in [5, 5.41) is 14.6. The third-order valence-corrected chi connectivity index (χ3v) is 7.90. The van der Waals surface area contributed by atoms with Crippen molar-refractivity contribution in [2.45, 2.75) is 56.4 Å². The molecule has 1 amide bonds. The number of aromatic nitrogens is 1. The zero-order chi connectivity index (χ0) is 27.7. The van der Waals surface area contributed by atoms with Gasteiger partial charge >= 0.3 is 12.1 Å². The standard InChI is InChI=1S/C28H31N3O6S2/c32-27(36-21-23-13-10-14-24(19-23)31(34)35)25(30-28(33)37-20-22-11-4-3-5-12-22)15-6-1-2-9-18-38-39-26-16-7-8-17-29-26/h3-5,7-8,10-14,16-17,19,25H,1-2,6,9,15,18,20-21H2,(H,30,33)/t25-/m0/s1. The minimum absolute atomic E-state index is 0.0797. The second-order valence-electron chi connectivity index (χ2n) is 8.57. The number of hydrogen-bond acceptors (Lipinski definition) is 9. The summed E-state index contributed by atoms with van der Waals surface area (Å²) in [6.45, 7) is -0.0563. The van der Waals surface area contributed by atoms with Gasteiger partial charge < -0.3 is 14.8 Å². The SMILES string of the molecule is O=C(N[C@@H](CCCCCCSSc1ccccn1)C(=O)OCc1cccc([N+](=O)[O-])c1)OCc1ccccc1. The number of ether oxygens (including phenoxy) is 2. The van der Waals surface area contributed by atoms with Crippen molar-refractivity contribution in [3.05, 3.63) is 100 Å². The van der Waals surface area contributed by atoms with Crippen molar-refractivity contribution in [2.24, 2.45) is 0 Å². The van der Waals surface area contributed by atoms with Crippen LogP contribution in [0.2, 0.25) is 0 Å². The maximum absolute atomic E-state index is 12.8. The molecule has 9 nitrogen and oxygen atoms in total. The van der Waals surface area contributed by atoms with Gasteiger partial charge in [0, 0.05) is 24.1 Å². The Kier molecular flexibility index (Phi) is 13.1. The number of carbonyl (C=O) groups is 2. The van der Waals surface area contributed by atoms with Crippen LogP contribution < -0.4 is 5.32 Å². The molecule has 206 valence electrons. The van der Waals surface area contributed by atoms with E-state index in [1.165, 1.54) is 18.2 Å². The molecule has 0 aliphatic rings. The number of rotatable bonds is 16. The molecule has 0 bridgehead atoms. The van der Waals surface area contributed by atoms with Crippen molar-refractivity contribution in [1.29, 1.82) is 0 Å². The summed E-state index contributed by atoms with van der Waals surface area (Å²) in [5.74, 6) is 0.375. The molecule has 1 atom stereocenters. The monoisotopic (exact) mass is 569 g/mol. The molecular formula is C28H31N3O6S2. The van der Waals surface area contributed by atoms with E-state index in [1.807, 2.05) is 48.5 Å². The second-order valence-corrected chi connectivity index (χ2v) is 11.0. The van der Waals surface area contributed by atoms with Crippen LogP contribution in [-0.4, -0.2) is 33.8 Å². The average molecular weight is 570 g/mol. The lowest BCUT2D eigenvalue weighted by Gasteiger charge is -2.18. The van der Waals surface area contributed by atoms with Crippen LogP contribution in [0.25, 0.3) is 0 Å². The average Bonchev–Trinajstić information content (AvgIpc) is 2.96.